The molecule has 1 aromatic heterocycles. The average Bonchev–Trinajstić information content (AvgIpc) is 3.82. The van der Waals surface area contributed by atoms with E-state index in [1.54, 1.807) is 30.3 Å². The third kappa shape index (κ3) is 17.5. The molecule has 0 saturated carbocycles. The Balaban J connectivity index is 1.35. The second kappa shape index (κ2) is 25.7. The number of aromatic nitrogens is 1. The van der Waals surface area contributed by atoms with Crippen LogP contribution in [0.25, 0.3) is 0 Å². The molecule has 2 aromatic rings. The third-order valence-electron chi connectivity index (χ3n) is 9.51. The molecule has 54 heavy (non-hydrogen) atoms. The number of aromatic amines is 1. The van der Waals surface area contributed by atoms with E-state index in [0.29, 0.717) is 43.9 Å². The standard InChI is InChI=1S/C41H66N5O7P/c1-4-6-7-8-9-10-11-12-13-14-15-16-17-21-29-49-30-22-31-50-40(47)35(5-2)46-54(48,53-34-23-19-18-20-24-34)51-32-41(3)28-27-38(52-41)36-25-26-37(45-36)39(43)44-33-42/h5,18-20,23-26,33,35,38,45H,2,4,6-17,21-22,27-32H2,1,3H3,(H,46,48)(H3,42,43,44)/t35-,38+,41-,54?/m0/s1. The molecule has 0 spiro atoms. The first kappa shape index (κ1) is 45.1. The molecule has 1 aliphatic heterocycles. The van der Waals surface area contributed by atoms with Crippen LogP contribution in [-0.4, -0.2) is 61.2 Å². The molecule has 0 bridgehead atoms. The van der Waals surface area contributed by atoms with Crippen molar-refractivity contribution >= 4 is 25.9 Å². The SMILES string of the molecule is C=C[C@H](NP(=O)(OC[C@]1(C)CC[C@H](c2ccc(C(N)=NC=N)[nH]2)O1)Oc1ccccc1)C(=O)OCCCOCCCCCCCCCCCCCCCC. The maximum absolute atomic E-state index is 14.2. The summed E-state index contributed by atoms with van der Waals surface area (Å²) < 4.78 is 43.5. The Labute approximate surface area is 323 Å². The molecule has 1 unspecified atom stereocenters. The summed E-state index contributed by atoms with van der Waals surface area (Å²) in [6.07, 6.45) is 22.2. The molecule has 0 radical (unpaired) electrons. The Morgan fingerprint density at radius 1 is 1.00 bits per heavy atom. The smallest absolute Gasteiger partial charge is 0.459 e. The molecule has 302 valence electrons. The van der Waals surface area contributed by atoms with Crippen LogP contribution >= 0.6 is 7.75 Å². The molecule has 2 heterocycles. The number of esters is 1. The van der Waals surface area contributed by atoms with Crippen molar-refractivity contribution in [1.29, 1.82) is 5.41 Å². The molecule has 0 amide bonds. The predicted octanol–water partition coefficient (Wildman–Crippen LogP) is 9.72. The zero-order valence-electron chi connectivity index (χ0n) is 32.7. The number of benzene rings is 1. The molecule has 13 heteroatoms. The van der Waals surface area contributed by atoms with E-state index in [4.69, 9.17) is 34.4 Å². The second-order valence-corrected chi connectivity index (χ2v) is 16.0. The van der Waals surface area contributed by atoms with Crippen LogP contribution in [-0.2, 0) is 28.1 Å². The normalized spacial score (nSPS) is 18.9. The minimum Gasteiger partial charge on any atom is -0.464 e. The molecule has 12 nitrogen and oxygen atoms in total. The van der Waals surface area contributed by atoms with Crippen molar-refractivity contribution < 1.29 is 32.6 Å². The number of unbranched alkanes of at least 4 members (excludes halogenated alkanes) is 13. The lowest BCUT2D eigenvalue weighted by Crippen LogP contribution is -2.38. The summed E-state index contributed by atoms with van der Waals surface area (Å²) in [5.41, 5.74) is 6.48. The summed E-state index contributed by atoms with van der Waals surface area (Å²) in [5, 5.41) is 9.87. The van der Waals surface area contributed by atoms with Gasteiger partial charge in [-0.2, -0.15) is 5.09 Å². The number of H-pyrrole nitrogens is 1. The fourth-order valence-corrected chi connectivity index (χ4v) is 7.91. The summed E-state index contributed by atoms with van der Waals surface area (Å²) in [7, 11) is -4.14. The van der Waals surface area contributed by atoms with E-state index < -0.39 is 25.4 Å². The summed E-state index contributed by atoms with van der Waals surface area (Å²) >= 11 is 0. The molecule has 1 aromatic carbocycles. The number of carbonyl (C=O) groups excluding carboxylic acids is 1. The quantitative estimate of drug-likeness (QED) is 0.0146. The Bertz CT molecular complexity index is 1440. The highest BCUT2D eigenvalue weighted by Crippen LogP contribution is 2.48. The number of amidine groups is 1. The van der Waals surface area contributed by atoms with E-state index >= 15 is 0 Å². The van der Waals surface area contributed by atoms with Crippen molar-refractivity contribution in [3.05, 3.63) is 66.5 Å². The number of aliphatic imine (C=N–C) groups is 1. The first-order valence-electron chi connectivity index (χ1n) is 20.0. The lowest BCUT2D eigenvalue weighted by atomic mass is 10.0. The van der Waals surface area contributed by atoms with Gasteiger partial charge >= 0.3 is 13.7 Å². The van der Waals surface area contributed by atoms with Crippen LogP contribution in [0.3, 0.4) is 0 Å². The average molecular weight is 772 g/mol. The van der Waals surface area contributed by atoms with Gasteiger partial charge in [-0.05, 0) is 50.5 Å². The Hall–Kier alpha value is -3.28. The highest BCUT2D eigenvalue weighted by Gasteiger charge is 2.41. The number of nitrogens with one attached hydrogen (secondary N) is 3. The summed E-state index contributed by atoms with van der Waals surface area (Å²) in [5.74, 6) is -0.141. The van der Waals surface area contributed by atoms with Crippen LogP contribution in [0.1, 0.15) is 140 Å². The molecule has 1 aliphatic rings. The number of carbonyl (C=O) groups is 1. The zero-order chi connectivity index (χ0) is 38.9. The number of hydrogen-bond donors (Lipinski definition) is 4. The van der Waals surface area contributed by atoms with Gasteiger partial charge in [0.25, 0.3) is 0 Å². The number of nitrogens with two attached hydrogens (primary N) is 1. The zero-order valence-corrected chi connectivity index (χ0v) is 33.6. The van der Waals surface area contributed by atoms with Crippen LogP contribution < -0.4 is 15.3 Å². The van der Waals surface area contributed by atoms with Gasteiger partial charge in [0.2, 0.25) is 0 Å². The lowest BCUT2D eigenvalue weighted by molar-refractivity contribution is -0.144. The van der Waals surface area contributed by atoms with Crippen LogP contribution in [0, 0.1) is 5.41 Å². The van der Waals surface area contributed by atoms with Crippen molar-refractivity contribution in [2.45, 2.75) is 141 Å². The van der Waals surface area contributed by atoms with Crippen molar-refractivity contribution in [3.8, 4) is 5.75 Å². The van der Waals surface area contributed by atoms with Gasteiger partial charge < -0.3 is 29.5 Å². The van der Waals surface area contributed by atoms with Gasteiger partial charge in [0, 0.05) is 25.3 Å². The topological polar surface area (TPSA) is 170 Å². The van der Waals surface area contributed by atoms with Gasteiger partial charge in [-0.1, -0.05) is 115 Å². The van der Waals surface area contributed by atoms with Gasteiger partial charge in [0.15, 0.2) is 0 Å². The van der Waals surface area contributed by atoms with E-state index in [1.165, 1.54) is 89.5 Å². The maximum atomic E-state index is 14.2. The number of para-hydroxylation sites is 1. The molecule has 3 rings (SSSR count). The van der Waals surface area contributed by atoms with Gasteiger partial charge in [-0.3, -0.25) is 9.93 Å². The molecule has 1 fully saturated rings. The van der Waals surface area contributed by atoms with Crippen molar-refractivity contribution in [2.75, 3.05) is 26.4 Å². The summed E-state index contributed by atoms with van der Waals surface area (Å²) in [6, 6.07) is 11.1. The fourth-order valence-electron chi connectivity index (χ4n) is 6.34. The molecule has 4 atom stereocenters. The Morgan fingerprint density at radius 2 is 1.63 bits per heavy atom. The highest BCUT2D eigenvalue weighted by atomic mass is 31.2. The monoisotopic (exact) mass is 771 g/mol. The minimum absolute atomic E-state index is 0.0822. The summed E-state index contributed by atoms with van der Waals surface area (Å²) in [4.78, 5) is 20.0. The van der Waals surface area contributed by atoms with E-state index in [9.17, 15) is 9.36 Å². The molecule has 0 aliphatic carbocycles. The van der Waals surface area contributed by atoms with Gasteiger partial charge in [0.1, 0.15) is 24.0 Å². The summed E-state index contributed by atoms with van der Waals surface area (Å²) in [6.45, 7) is 9.15. The molecular weight excluding hydrogens is 705 g/mol. The first-order valence-corrected chi connectivity index (χ1v) is 21.6. The van der Waals surface area contributed by atoms with Crippen LogP contribution in [0.15, 0.2) is 60.1 Å². The van der Waals surface area contributed by atoms with E-state index in [0.717, 1.165) is 18.5 Å². The maximum Gasteiger partial charge on any atom is 0.459 e. The number of ether oxygens (including phenoxy) is 3. The van der Waals surface area contributed by atoms with Gasteiger partial charge in [-0.15, -0.1) is 6.58 Å². The lowest BCUT2D eigenvalue weighted by Gasteiger charge is -2.28. The van der Waals surface area contributed by atoms with Gasteiger partial charge in [0.05, 0.1) is 30.6 Å². The fraction of sp³-hybridized carbons (Fsp3) is 0.634. The van der Waals surface area contributed by atoms with Gasteiger partial charge in [-0.25, -0.2) is 14.4 Å². The van der Waals surface area contributed by atoms with Crippen molar-refractivity contribution in [2.24, 2.45) is 10.7 Å². The first-order chi connectivity index (χ1) is 26.2. The van der Waals surface area contributed by atoms with E-state index in [1.807, 2.05) is 19.1 Å². The molecule has 5 N–H and O–H groups in total. The van der Waals surface area contributed by atoms with Crippen LogP contribution in [0.4, 0.5) is 0 Å². The van der Waals surface area contributed by atoms with Crippen LogP contribution in [0.5, 0.6) is 5.75 Å². The van der Waals surface area contributed by atoms with E-state index in [-0.39, 0.29) is 25.2 Å². The molecule has 1 saturated heterocycles. The largest absolute Gasteiger partial charge is 0.464 e. The third-order valence-corrected chi connectivity index (χ3v) is 11.0. The minimum atomic E-state index is -4.14. The highest BCUT2D eigenvalue weighted by molar-refractivity contribution is 7.52. The number of hydrogen-bond acceptors (Lipinski definition) is 8. The Morgan fingerprint density at radius 3 is 2.26 bits per heavy atom. The second-order valence-electron chi connectivity index (χ2n) is 14.3. The van der Waals surface area contributed by atoms with E-state index in [2.05, 4.69) is 28.6 Å². The van der Waals surface area contributed by atoms with Crippen molar-refractivity contribution in [3.63, 3.8) is 0 Å². The van der Waals surface area contributed by atoms with Crippen LogP contribution in [0.2, 0.25) is 0 Å². The van der Waals surface area contributed by atoms with Crippen molar-refractivity contribution in [1.82, 2.24) is 10.1 Å². The molecular formula is C41H66N5O7P. The number of nitrogens with zero attached hydrogens (tertiary/aromatic N) is 1. The Kier molecular flexibility index (Phi) is 21.5. The predicted molar refractivity (Wildman–Crippen MR) is 216 cm³/mol. The number of rotatable bonds is 31.